The van der Waals surface area contributed by atoms with E-state index in [4.69, 9.17) is 0 Å². The molecule has 0 saturated heterocycles. The Morgan fingerprint density at radius 3 is 2.77 bits per heavy atom. The Morgan fingerprint density at radius 2 is 2.15 bits per heavy atom. The van der Waals surface area contributed by atoms with Gasteiger partial charge in [0.2, 0.25) is 0 Å². The second-order valence-electron chi connectivity index (χ2n) is 3.97. The van der Waals surface area contributed by atoms with E-state index in [-0.39, 0.29) is 6.10 Å². The molecule has 0 bridgehead atoms. The van der Waals surface area contributed by atoms with Crippen molar-refractivity contribution in [1.82, 2.24) is 5.32 Å². The molecule has 1 aliphatic carbocycles. The second kappa shape index (κ2) is 5.40. The zero-order valence-electron chi connectivity index (χ0n) is 8.71. The largest absolute Gasteiger partial charge is 0.392 e. The quantitative estimate of drug-likeness (QED) is 0.654. The normalized spacial score (nSPS) is 30.5. The third-order valence-electron chi connectivity index (χ3n) is 2.87. The maximum Gasteiger partial charge on any atom is 0.0693 e. The van der Waals surface area contributed by atoms with Gasteiger partial charge in [-0.15, -0.1) is 0 Å². The lowest BCUT2D eigenvalue weighted by Crippen LogP contribution is -2.42. The van der Waals surface area contributed by atoms with Crippen molar-refractivity contribution >= 4 is 0 Å². The fourth-order valence-corrected chi connectivity index (χ4v) is 1.74. The summed E-state index contributed by atoms with van der Waals surface area (Å²) in [5, 5.41) is 13.1. The molecular formula is C11H21NO. The molecule has 0 radical (unpaired) electrons. The highest BCUT2D eigenvalue weighted by molar-refractivity contribution is 4.99. The molecule has 1 aliphatic rings. The molecule has 1 rings (SSSR count). The van der Waals surface area contributed by atoms with E-state index in [1.165, 1.54) is 18.4 Å². The average molecular weight is 183 g/mol. The standard InChI is InChI=1S/C11H21NO/c1-3-9(2)8-12-10-6-4-5-7-11(10)13/h3,10-13H,4-8H2,1-2H3/b9-3-. The van der Waals surface area contributed by atoms with Gasteiger partial charge in [0, 0.05) is 12.6 Å². The van der Waals surface area contributed by atoms with Gasteiger partial charge in [-0.05, 0) is 26.7 Å². The molecule has 0 aliphatic heterocycles. The molecule has 1 saturated carbocycles. The first-order valence-electron chi connectivity index (χ1n) is 5.27. The molecule has 0 aromatic rings. The van der Waals surface area contributed by atoms with Gasteiger partial charge in [-0.3, -0.25) is 0 Å². The molecule has 1 fully saturated rings. The Kier molecular flexibility index (Phi) is 4.46. The first-order chi connectivity index (χ1) is 6.24. The summed E-state index contributed by atoms with van der Waals surface area (Å²) in [6.07, 6.45) is 6.51. The van der Waals surface area contributed by atoms with Crippen LogP contribution in [0.2, 0.25) is 0 Å². The molecule has 2 nitrogen and oxygen atoms in total. The van der Waals surface area contributed by atoms with E-state index in [1.54, 1.807) is 0 Å². The van der Waals surface area contributed by atoms with Crippen LogP contribution in [0.25, 0.3) is 0 Å². The highest BCUT2D eigenvalue weighted by Gasteiger charge is 2.21. The molecule has 76 valence electrons. The molecular weight excluding hydrogens is 162 g/mol. The Bertz CT molecular complexity index is 177. The zero-order chi connectivity index (χ0) is 9.68. The number of hydrogen-bond donors (Lipinski definition) is 2. The molecule has 0 spiro atoms. The van der Waals surface area contributed by atoms with E-state index < -0.39 is 0 Å². The number of allylic oxidation sites excluding steroid dienone is 1. The summed E-state index contributed by atoms with van der Waals surface area (Å²) in [5.41, 5.74) is 1.35. The van der Waals surface area contributed by atoms with Crippen LogP contribution < -0.4 is 5.32 Å². The zero-order valence-corrected chi connectivity index (χ0v) is 8.71. The van der Waals surface area contributed by atoms with Crippen LogP contribution in [0.4, 0.5) is 0 Å². The fourth-order valence-electron chi connectivity index (χ4n) is 1.74. The van der Waals surface area contributed by atoms with Crippen molar-refractivity contribution in [2.45, 2.75) is 51.7 Å². The topological polar surface area (TPSA) is 32.3 Å². The highest BCUT2D eigenvalue weighted by Crippen LogP contribution is 2.18. The summed E-state index contributed by atoms with van der Waals surface area (Å²) in [7, 11) is 0. The van der Waals surface area contributed by atoms with Gasteiger partial charge in [0.25, 0.3) is 0 Å². The van der Waals surface area contributed by atoms with E-state index in [2.05, 4.69) is 18.3 Å². The minimum atomic E-state index is -0.126. The predicted octanol–water partition coefficient (Wildman–Crippen LogP) is 1.85. The van der Waals surface area contributed by atoms with Crippen LogP contribution >= 0.6 is 0 Å². The monoisotopic (exact) mass is 183 g/mol. The number of nitrogens with one attached hydrogen (secondary N) is 1. The summed E-state index contributed by atoms with van der Waals surface area (Å²) in [6, 6.07) is 0.323. The summed E-state index contributed by atoms with van der Waals surface area (Å²) in [6.45, 7) is 5.08. The van der Waals surface area contributed by atoms with E-state index in [0.717, 1.165) is 19.4 Å². The lowest BCUT2D eigenvalue weighted by molar-refractivity contribution is 0.0925. The Labute approximate surface area is 81.0 Å². The SMILES string of the molecule is C/C=C(/C)CNC1CCCCC1O. The summed E-state index contributed by atoms with van der Waals surface area (Å²) in [4.78, 5) is 0. The fraction of sp³-hybridized carbons (Fsp3) is 0.818. The number of aliphatic hydroxyl groups excluding tert-OH is 1. The molecule has 13 heavy (non-hydrogen) atoms. The van der Waals surface area contributed by atoms with Gasteiger partial charge in [0.1, 0.15) is 0 Å². The van der Waals surface area contributed by atoms with Crippen LogP contribution in [-0.2, 0) is 0 Å². The number of rotatable bonds is 3. The third kappa shape index (κ3) is 3.49. The Hall–Kier alpha value is -0.340. The number of hydrogen-bond acceptors (Lipinski definition) is 2. The van der Waals surface area contributed by atoms with E-state index in [0.29, 0.717) is 6.04 Å². The molecule has 0 heterocycles. The van der Waals surface area contributed by atoms with Gasteiger partial charge in [-0.2, -0.15) is 0 Å². The summed E-state index contributed by atoms with van der Waals surface area (Å²) >= 11 is 0. The van der Waals surface area contributed by atoms with E-state index in [9.17, 15) is 5.11 Å². The van der Waals surface area contributed by atoms with Crippen molar-refractivity contribution < 1.29 is 5.11 Å². The van der Waals surface area contributed by atoms with Gasteiger partial charge in [0.05, 0.1) is 6.10 Å². The first-order valence-corrected chi connectivity index (χ1v) is 5.27. The minimum Gasteiger partial charge on any atom is -0.392 e. The molecule has 0 aromatic carbocycles. The first kappa shape index (κ1) is 10.7. The lowest BCUT2D eigenvalue weighted by Gasteiger charge is -2.28. The molecule has 2 atom stereocenters. The Balaban J connectivity index is 2.26. The molecule has 2 unspecified atom stereocenters. The summed E-state index contributed by atoms with van der Waals surface area (Å²) in [5.74, 6) is 0. The van der Waals surface area contributed by atoms with Crippen molar-refractivity contribution in [3.05, 3.63) is 11.6 Å². The molecule has 0 aromatic heterocycles. The van der Waals surface area contributed by atoms with E-state index in [1.807, 2.05) is 6.92 Å². The Morgan fingerprint density at radius 1 is 1.46 bits per heavy atom. The van der Waals surface area contributed by atoms with Crippen LogP contribution in [0.5, 0.6) is 0 Å². The van der Waals surface area contributed by atoms with Crippen LogP contribution in [0, 0.1) is 0 Å². The van der Waals surface area contributed by atoms with Crippen LogP contribution in [0.3, 0.4) is 0 Å². The average Bonchev–Trinajstić information content (AvgIpc) is 2.16. The van der Waals surface area contributed by atoms with Crippen LogP contribution in [0.1, 0.15) is 39.5 Å². The van der Waals surface area contributed by atoms with Gasteiger partial charge in [-0.25, -0.2) is 0 Å². The van der Waals surface area contributed by atoms with Crippen molar-refractivity contribution in [3.63, 3.8) is 0 Å². The number of aliphatic hydroxyl groups is 1. The summed E-state index contributed by atoms with van der Waals surface area (Å²) < 4.78 is 0. The van der Waals surface area contributed by atoms with Gasteiger partial charge >= 0.3 is 0 Å². The van der Waals surface area contributed by atoms with Crippen LogP contribution in [0.15, 0.2) is 11.6 Å². The molecule has 0 amide bonds. The van der Waals surface area contributed by atoms with E-state index >= 15 is 0 Å². The maximum absolute atomic E-state index is 9.67. The maximum atomic E-state index is 9.67. The van der Waals surface area contributed by atoms with Gasteiger partial charge in [0.15, 0.2) is 0 Å². The third-order valence-corrected chi connectivity index (χ3v) is 2.87. The smallest absolute Gasteiger partial charge is 0.0693 e. The van der Waals surface area contributed by atoms with Crippen molar-refractivity contribution in [2.75, 3.05) is 6.54 Å². The molecule has 2 N–H and O–H groups in total. The van der Waals surface area contributed by atoms with Crippen molar-refractivity contribution in [2.24, 2.45) is 0 Å². The highest BCUT2D eigenvalue weighted by atomic mass is 16.3. The lowest BCUT2D eigenvalue weighted by atomic mass is 9.92. The molecule has 2 heteroatoms. The van der Waals surface area contributed by atoms with Crippen molar-refractivity contribution in [3.8, 4) is 0 Å². The minimum absolute atomic E-state index is 0.126. The second-order valence-corrected chi connectivity index (χ2v) is 3.97. The van der Waals surface area contributed by atoms with Gasteiger partial charge in [-0.1, -0.05) is 24.5 Å². The van der Waals surface area contributed by atoms with Gasteiger partial charge < -0.3 is 10.4 Å². The van der Waals surface area contributed by atoms with Crippen molar-refractivity contribution in [1.29, 1.82) is 0 Å². The predicted molar refractivity (Wildman–Crippen MR) is 55.7 cm³/mol. The van der Waals surface area contributed by atoms with Crippen LogP contribution in [-0.4, -0.2) is 23.8 Å².